The molecule has 130 valence electrons. The van der Waals surface area contributed by atoms with Crippen molar-refractivity contribution in [3.05, 3.63) is 29.3 Å². The molecule has 3 N–H and O–H groups in total. The maximum Gasteiger partial charge on any atom is 0.251 e. The second kappa shape index (κ2) is 7.81. The molecule has 7 nitrogen and oxygen atoms in total. The number of amides is 3. The number of nitrogens with zero attached hydrogens (tertiary/aromatic N) is 2. The molecule has 0 bridgehead atoms. The summed E-state index contributed by atoms with van der Waals surface area (Å²) < 4.78 is 0. The zero-order valence-corrected chi connectivity index (χ0v) is 14.2. The number of benzene rings is 1. The smallest absolute Gasteiger partial charge is 0.251 e. The van der Waals surface area contributed by atoms with Crippen molar-refractivity contribution in [1.82, 2.24) is 15.1 Å². The standard InChI is InChI=1S/C17H24N4O3/c1-12-3-4-14(18)11-15(12)17(24)19-6-5-16(23)21-9-7-20(8-10-21)13(2)22/h3-4,11H,5-10,18H2,1-2H3,(H,19,24). The van der Waals surface area contributed by atoms with Crippen LogP contribution in [0, 0.1) is 6.92 Å². The van der Waals surface area contributed by atoms with Crippen LogP contribution in [0.1, 0.15) is 29.3 Å². The maximum atomic E-state index is 12.2. The van der Waals surface area contributed by atoms with E-state index in [1.165, 1.54) is 6.92 Å². The van der Waals surface area contributed by atoms with Gasteiger partial charge in [-0.15, -0.1) is 0 Å². The van der Waals surface area contributed by atoms with Gasteiger partial charge in [-0.05, 0) is 24.6 Å². The molecule has 24 heavy (non-hydrogen) atoms. The van der Waals surface area contributed by atoms with Crippen molar-refractivity contribution in [3.63, 3.8) is 0 Å². The van der Waals surface area contributed by atoms with Crippen LogP contribution < -0.4 is 11.1 Å². The Bertz CT molecular complexity index is 637. The van der Waals surface area contributed by atoms with Crippen molar-refractivity contribution < 1.29 is 14.4 Å². The number of aryl methyl sites for hydroxylation is 1. The topological polar surface area (TPSA) is 95.7 Å². The Morgan fingerprint density at radius 1 is 1.12 bits per heavy atom. The Morgan fingerprint density at radius 2 is 1.75 bits per heavy atom. The highest BCUT2D eigenvalue weighted by Gasteiger charge is 2.22. The second-order valence-electron chi connectivity index (χ2n) is 5.97. The molecule has 0 radical (unpaired) electrons. The molecular weight excluding hydrogens is 308 g/mol. The van der Waals surface area contributed by atoms with Crippen LogP contribution in [0.4, 0.5) is 5.69 Å². The van der Waals surface area contributed by atoms with Gasteiger partial charge in [0.1, 0.15) is 0 Å². The first-order chi connectivity index (χ1) is 11.4. The largest absolute Gasteiger partial charge is 0.399 e. The summed E-state index contributed by atoms with van der Waals surface area (Å²) in [6, 6.07) is 5.17. The SMILES string of the molecule is CC(=O)N1CCN(C(=O)CCNC(=O)c2cc(N)ccc2C)CC1. The molecule has 1 aliphatic rings. The van der Waals surface area contributed by atoms with Gasteiger partial charge in [-0.1, -0.05) is 6.07 Å². The number of anilines is 1. The van der Waals surface area contributed by atoms with Gasteiger partial charge < -0.3 is 20.9 Å². The molecule has 1 saturated heterocycles. The number of hydrogen-bond donors (Lipinski definition) is 2. The summed E-state index contributed by atoms with van der Waals surface area (Å²) in [6.07, 6.45) is 0.243. The Balaban J connectivity index is 1.78. The van der Waals surface area contributed by atoms with E-state index in [0.717, 1.165) is 5.56 Å². The van der Waals surface area contributed by atoms with Gasteiger partial charge in [0.2, 0.25) is 11.8 Å². The predicted molar refractivity (Wildman–Crippen MR) is 91.4 cm³/mol. The van der Waals surface area contributed by atoms with Crippen molar-refractivity contribution in [2.75, 3.05) is 38.5 Å². The van der Waals surface area contributed by atoms with Gasteiger partial charge in [0.15, 0.2) is 0 Å². The molecule has 0 atom stereocenters. The van der Waals surface area contributed by atoms with Gasteiger partial charge in [0.05, 0.1) is 0 Å². The van der Waals surface area contributed by atoms with E-state index in [0.29, 0.717) is 37.4 Å². The van der Waals surface area contributed by atoms with E-state index in [-0.39, 0.29) is 30.7 Å². The molecule has 0 aromatic heterocycles. The van der Waals surface area contributed by atoms with E-state index in [2.05, 4.69) is 5.32 Å². The molecule has 7 heteroatoms. The summed E-state index contributed by atoms with van der Waals surface area (Å²) in [5, 5.41) is 2.76. The van der Waals surface area contributed by atoms with E-state index in [4.69, 9.17) is 5.73 Å². The number of hydrogen-bond acceptors (Lipinski definition) is 4. The van der Waals surface area contributed by atoms with Crippen molar-refractivity contribution in [2.24, 2.45) is 0 Å². The Labute approximate surface area is 141 Å². The van der Waals surface area contributed by atoms with Gasteiger partial charge in [-0.25, -0.2) is 0 Å². The molecule has 3 amide bonds. The van der Waals surface area contributed by atoms with Crippen molar-refractivity contribution in [2.45, 2.75) is 20.3 Å². The van der Waals surface area contributed by atoms with E-state index < -0.39 is 0 Å². The summed E-state index contributed by atoms with van der Waals surface area (Å²) in [5.74, 6) is -0.205. The molecule has 0 saturated carbocycles. The number of nitrogens with one attached hydrogen (secondary N) is 1. The minimum absolute atomic E-state index is 0.0113. The molecule has 1 aliphatic heterocycles. The van der Waals surface area contributed by atoms with Crippen LogP contribution in [0.2, 0.25) is 0 Å². The molecular formula is C17H24N4O3. The highest BCUT2D eigenvalue weighted by atomic mass is 16.2. The highest BCUT2D eigenvalue weighted by molar-refractivity contribution is 5.96. The van der Waals surface area contributed by atoms with E-state index in [1.54, 1.807) is 28.0 Å². The van der Waals surface area contributed by atoms with Crippen molar-refractivity contribution in [1.29, 1.82) is 0 Å². The first kappa shape index (κ1) is 17.8. The van der Waals surface area contributed by atoms with E-state index in [1.807, 2.05) is 6.92 Å². The fourth-order valence-electron chi connectivity index (χ4n) is 2.69. The van der Waals surface area contributed by atoms with Crippen LogP contribution in [0.25, 0.3) is 0 Å². The minimum atomic E-state index is -0.228. The molecule has 2 rings (SSSR count). The molecule has 1 fully saturated rings. The minimum Gasteiger partial charge on any atom is -0.399 e. The lowest BCUT2D eigenvalue weighted by molar-refractivity contribution is -0.138. The summed E-state index contributed by atoms with van der Waals surface area (Å²) in [7, 11) is 0. The third kappa shape index (κ3) is 4.47. The fourth-order valence-corrected chi connectivity index (χ4v) is 2.69. The van der Waals surface area contributed by atoms with E-state index >= 15 is 0 Å². The average Bonchev–Trinajstić information content (AvgIpc) is 2.56. The first-order valence-corrected chi connectivity index (χ1v) is 8.06. The van der Waals surface area contributed by atoms with Crippen LogP contribution in [0.15, 0.2) is 18.2 Å². The normalized spacial score (nSPS) is 14.4. The second-order valence-corrected chi connectivity index (χ2v) is 5.97. The third-order valence-corrected chi connectivity index (χ3v) is 4.21. The summed E-state index contributed by atoms with van der Waals surface area (Å²) >= 11 is 0. The third-order valence-electron chi connectivity index (χ3n) is 4.21. The maximum absolute atomic E-state index is 12.2. The van der Waals surface area contributed by atoms with Crippen LogP contribution in [0.3, 0.4) is 0 Å². The average molecular weight is 332 g/mol. The van der Waals surface area contributed by atoms with Gasteiger partial charge in [0.25, 0.3) is 5.91 Å². The first-order valence-electron chi connectivity index (χ1n) is 8.06. The van der Waals surface area contributed by atoms with Crippen molar-refractivity contribution in [3.8, 4) is 0 Å². The lowest BCUT2D eigenvalue weighted by Gasteiger charge is -2.34. The number of carbonyl (C=O) groups excluding carboxylic acids is 3. The zero-order chi connectivity index (χ0) is 17.7. The Hall–Kier alpha value is -2.57. The number of piperazine rings is 1. The number of carbonyl (C=O) groups is 3. The molecule has 0 unspecified atom stereocenters. The lowest BCUT2D eigenvalue weighted by Crippen LogP contribution is -2.50. The lowest BCUT2D eigenvalue weighted by atomic mass is 10.1. The van der Waals surface area contributed by atoms with Gasteiger partial charge in [-0.2, -0.15) is 0 Å². The number of rotatable bonds is 4. The monoisotopic (exact) mass is 332 g/mol. The van der Waals surface area contributed by atoms with E-state index in [9.17, 15) is 14.4 Å². The predicted octanol–water partition coefficient (Wildman–Crippen LogP) is 0.388. The molecule has 0 aliphatic carbocycles. The Kier molecular flexibility index (Phi) is 5.78. The highest BCUT2D eigenvalue weighted by Crippen LogP contribution is 2.12. The van der Waals surface area contributed by atoms with Crippen LogP contribution in [-0.2, 0) is 9.59 Å². The van der Waals surface area contributed by atoms with Crippen LogP contribution in [-0.4, -0.2) is 60.2 Å². The zero-order valence-electron chi connectivity index (χ0n) is 14.2. The number of nitrogens with two attached hydrogens (primary N) is 1. The molecule has 1 aromatic carbocycles. The van der Waals surface area contributed by atoms with Gasteiger partial charge >= 0.3 is 0 Å². The molecule has 0 spiro atoms. The van der Waals surface area contributed by atoms with Gasteiger partial charge in [-0.3, -0.25) is 14.4 Å². The number of nitrogen functional groups attached to an aromatic ring is 1. The molecule has 1 heterocycles. The summed E-state index contributed by atoms with van der Waals surface area (Å²) in [6.45, 7) is 5.87. The Morgan fingerprint density at radius 3 is 2.38 bits per heavy atom. The van der Waals surface area contributed by atoms with Gasteiger partial charge in [0, 0.05) is 57.3 Å². The van der Waals surface area contributed by atoms with Crippen LogP contribution >= 0.6 is 0 Å². The quantitative estimate of drug-likeness (QED) is 0.780. The fraction of sp³-hybridized carbons (Fsp3) is 0.471. The summed E-state index contributed by atoms with van der Waals surface area (Å²) in [5.41, 5.74) is 7.60. The van der Waals surface area contributed by atoms with Crippen molar-refractivity contribution >= 4 is 23.4 Å². The van der Waals surface area contributed by atoms with Crippen LogP contribution in [0.5, 0.6) is 0 Å². The summed E-state index contributed by atoms with van der Waals surface area (Å²) in [4.78, 5) is 39.1. The molecule has 1 aromatic rings.